The molecule has 8 heteroatoms. The Bertz CT molecular complexity index is 951. The van der Waals surface area contributed by atoms with Crippen LogP contribution in [-0.4, -0.2) is 52.9 Å². The zero-order chi connectivity index (χ0) is 20.2. The average Bonchev–Trinajstić information content (AvgIpc) is 3.40. The van der Waals surface area contributed by atoms with Gasteiger partial charge in [0.2, 0.25) is 5.91 Å². The summed E-state index contributed by atoms with van der Waals surface area (Å²) in [6.07, 6.45) is 1.65. The standard InChI is InChI=1S/C21H23FN4O2S/c1-15(20(27)23-17-5-2-4-16(22)12-17)26-9-7-25(8-10-26)13-18-14-29-21(24-18)19-6-3-11-28-19/h2-6,11-12,14-15H,7-10,13H2,1H3,(H,23,27). The van der Waals surface area contributed by atoms with Crippen LogP contribution >= 0.6 is 11.3 Å². The number of hydrogen-bond donors (Lipinski definition) is 1. The maximum Gasteiger partial charge on any atom is 0.241 e. The lowest BCUT2D eigenvalue weighted by atomic mass is 10.2. The molecule has 2 aromatic heterocycles. The molecule has 1 aliphatic heterocycles. The predicted octanol–water partition coefficient (Wildman–Crippen LogP) is 3.69. The fraction of sp³-hybridized carbons (Fsp3) is 0.333. The fourth-order valence-electron chi connectivity index (χ4n) is 3.41. The molecule has 29 heavy (non-hydrogen) atoms. The van der Waals surface area contributed by atoms with E-state index in [1.807, 2.05) is 19.1 Å². The molecule has 1 fully saturated rings. The van der Waals surface area contributed by atoms with Crippen molar-refractivity contribution in [1.82, 2.24) is 14.8 Å². The molecule has 152 valence electrons. The van der Waals surface area contributed by atoms with Crippen molar-refractivity contribution in [3.63, 3.8) is 0 Å². The maximum absolute atomic E-state index is 13.3. The molecule has 1 unspecified atom stereocenters. The Hall–Kier alpha value is -2.55. The van der Waals surface area contributed by atoms with Crippen LogP contribution in [0.2, 0.25) is 0 Å². The number of carbonyl (C=O) groups excluding carboxylic acids is 1. The van der Waals surface area contributed by atoms with E-state index in [-0.39, 0.29) is 17.8 Å². The summed E-state index contributed by atoms with van der Waals surface area (Å²) in [7, 11) is 0. The summed E-state index contributed by atoms with van der Waals surface area (Å²) in [5, 5.41) is 5.76. The van der Waals surface area contributed by atoms with E-state index < -0.39 is 0 Å². The molecule has 0 spiro atoms. The van der Waals surface area contributed by atoms with Crippen molar-refractivity contribution in [3.8, 4) is 10.8 Å². The third kappa shape index (κ3) is 4.90. The molecule has 4 rings (SSSR count). The largest absolute Gasteiger partial charge is 0.462 e. The number of halogens is 1. The molecule has 1 N–H and O–H groups in total. The SMILES string of the molecule is CC(C(=O)Nc1cccc(F)c1)N1CCN(Cc2csc(-c3ccco3)n2)CC1. The lowest BCUT2D eigenvalue weighted by molar-refractivity contribution is -0.121. The highest BCUT2D eigenvalue weighted by atomic mass is 32.1. The molecule has 0 saturated carbocycles. The van der Waals surface area contributed by atoms with Crippen LogP contribution < -0.4 is 5.32 Å². The number of hydrogen-bond acceptors (Lipinski definition) is 6. The van der Waals surface area contributed by atoms with E-state index in [2.05, 4.69) is 25.5 Å². The van der Waals surface area contributed by atoms with E-state index in [1.165, 1.54) is 12.1 Å². The molecule has 6 nitrogen and oxygen atoms in total. The summed E-state index contributed by atoms with van der Waals surface area (Å²) in [4.78, 5) is 21.7. The molecule has 0 bridgehead atoms. The first-order valence-electron chi connectivity index (χ1n) is 9.59. The Morgan fingerprint density at radius 2 is 2.10 bits per heavy atom. The minimum atomic E-state index is -0.360. The Morgan fingerprint density at radius 3 is 2.83 bits per heavy atom. The third-order valence-electron chi connectivity index (χ3n) is 5.10. The van der Waals surface area contributed by atoms with Gasteiger partial charge in [0.15, 0.2) is 10.8 Å². The summed E-state index contributed by atoms with van der Waals surface area (Å²) >= 11 is 1.59. The fourth-order valence-corrected chi connectivity index (χ4v) is 4.19. The van der Waals surface area contributed by atoms with Gasteiger partial charge in [0.1, 0.15) is 5.82 Å². The van der Waals surface area contributed by atoms with Crippen molar-refractivity contribution in [2.24, 2.45) is 0 Å². The van der Waals surface area contributed by atoms with Crippen molar-refractivity contribution in [1.29, 1.82) is 0 Å². The van der Waals surface area contributed by atoms with E-state index >= 15 is 0 Å². The molecule has 1 amide bonds. The van der Waals surface area contributed by atoms with Crippen molar-refractivity contribution < 1.29 is 13.6 Å². The molecule has 1 saturated heterocycles. The van der Waals surface area contributed by atoms with Gasteiger partial charge in [0, 0.05) is 43.8 Å². The van der Waals surface area contributed by atoms with Gasteiger partial charge in [-0.25, -0.2) is 9.37 Å². The van der Waals surface area contributed by atoms with Crippen LogP contribution in [0.5, 0.6) is 0 Å². The molecule has 1 aromatic carbocycles. The summed E-state index contributed by atoms with van der Waals surface area (Å²) in [5.74, 6) is 0.317. The lowest BCUT2D eigenvalue weighted by Gasteiger charge is -2.37. The van der Waals surface area contributed by atoms with Gasteiger partial charge in [0.25, 0.3) is 0 Å². The summed E-state index contributed by atoms with van der Waals surface area (Å²) in [6.45, 7) is 6.01. The summed E-state index contributed by atoms with van der Waals surface area (Å²) in [6, 6.07) is 9.47. The van der Waals surface area contributed by atoms with E-state index in [9.17, 15) is 9.18 Å². The summed E-state index contributed by atoms with van der Waals surface area (Å²) < 4.78 is 18.7. The number of thiazole rings is 1. The highest BCUT2D eigenvalue weighted by Gasteiger charge is 2.26. The number of nitrogens with one attached hydrogen (secondary N) is 1. The van der Waals surface area contributed by atoms with Gasteiger partial charge in [-0.05, 0) is 37.3 Å². The first kappa shape index (κ1) is 19.8. The van der Waals surface area contributed by atoms with Crippen molar-refractivity contribution >= 4 is 22.9 Å². The van der Waals surface area contributed by atoms with E-state index in [0.29, 0.717) is 5.69 Å². The maximum atomic E-state index is 13.3. The third-order valence-corrected chi connectivity index (χ3v) is 6.00. The van der Waals surface area contributed by atoms with Crippen LogP contribution in [0.15, 0.2) is 52.5 Å². The molecular formula is C21H23FN4O2S. The second-order valence-corrected chi connectivity index (χ2v) is 7.97. The monoisotopic (exact) mass is 414 g/mol. The van der Waals surface area contributed by atoms with Gasteiger partial charge < -0.3 is 9.73 Å². The molecular weight excluding hydrogens is 391 g/mol. The number of benzene rings is 1. The minimum absolute atomic E-state index is 0.119. The van der Waals surface area contributed by atoms with Crippen LogP contribution in [-0.2, 0) is 11.3 Å². The summed E-state index contributed by atoms with van der Waals surface area (Å²) in [5.41, 5.74) is 1.52. The lowest BCUT2D eigenvalue weighted by Crippen LogP contribution is -2.52. The average molecular weight is 415 g/mol. The van der Waals surface area contributed by atoms with Gasteiger partial charge in [0.05, 0.1) is 18.0 Å². The Balaban J connectivity index is 1.27. The first-order chi connectivity index (χ1) is 14.1. The van der Waals surface area contributed by atoms with Gasteiger partial charge in [-0.2, -0.15) is 0 Å². The van der Waals surface area contributed by atoms with Gasteiger partial charge in [-0.15, -0.1) is 11.3 Å². The molecule has 1 aliphatic rings. The molecule has 3 heterocycles. The van der Waals surface area contributed by atoms with Gasteiger partial charge in [-0.3, -0.25) is 14.6 Å². The first-order valence-corrected chi connectivity index (χ1v) is 10.5. The quantitative estimate of drug-likeness (QED) is 0.667. The molecule has 0 radical (unpaired) electrons. The zero-order valence-corrected chi connectivity index (χ0v) is 17.0. The zero-order valence-electron chi connectivity index (χ0n) is 16.2. The van der Waals surface area contributed by atoms with E-state index in [0.717, 1.165) is 49.2 Å². The number of anilines is 1. The smallest absolute Gasteiger partial charge is 0.241 e. The number of piperazine rings is 1. The van der Waals surface area contributed by atoms with Crippen LogP contribution in [0, 0.1) is 5.82 Å². The van der Waals surface area contributed by atoms with Gasteiger partial charge in [-0.1, -0.05) is 6.07 Å². The second kappa shape index (κ2) is 8.86. The van der Waals surface area contributed by atoms with Crippen LogP contribution in [0.3, 0.4) is 0 Å². The molecule has 1 atom stereocenters. The van der Waals surface area contributed by atoms with Crippen LogP contribution in [0.1, 0.15) is 12.6 Å². The number of aromatic nitrogens is 1. The van der Waals surface area contributed by atoms with Crippen molar-refractivity contribution in [2.45, 2.75) is 19.5 Å². The number of carbonyl (C=O) groups is 1. The highest BCUT2D eigenvalue weighted by molar-refractivity contribution is 7.13. The molecule has 0 aliphatic carbocycles. The number of nitrogens with zero attached hydrogens (tertiary/aromatic N) is 3. The van der Waals surface area contributed by atoms with Crippen LogP contribution in [0.25, 0.3) is 10.8 Å². The second-order valence-electron chi connectivity index (χ2n) is 7.11. The van der Waals surface area contributed by atoms with Crippen molar-refractivity contribution in [2.75, 3.05) is 31.5 Å². The topological polar surface area (TPSA) is 61.6 Å². The minimum Gasteiger partial charge on any atom is -0.462 e. The molecule has 3 aromatic rings. The number of furan rings is 1. The predicted molar refractivity (Wildman–Crippen MR) is 111 cm³/mol. The highest BCUT2D eigenvalue weighted by Crippen LogP contribution is 2.24. The van der Waals surface area contributed by atoms with Gasteiger partial charge >= 0.3 is 0 Å². The van der Waals surface area contributed by atoms with E-state index in [1.54, 1.807) is 29.7 Å². The van der Waals surface area contributed by atoms with E-state index in [4.69, 9.17) is 4.42 Å². The normalized spacial score (nSPS) is 16.6. The van der Waals surface area contributed by atoms with Crippen LogP contribution in [0.4, 0.5) is 10.1 Å². The Labute approximate surface area is 173 Å². The van der Waals surface area contributed by atoms with Crippen molar-refractivity contribution in [3.05, 3.63) is 59.6 Å². The Morgan fingerprint density at radius 1 is 1.28 bits per heavy atom. The Kier molecular flexibility index (Phi) is 6.03. The number of rotatable bonds is 6. The number of amides is 1.